The van der Waals surface area contributed by atoms with E-state index in [0.717, 1.165) is 6.07 Å². The van der Waals surface area contributed by atoms with Crippen LogP contribution >= 0.6 is 11.8 Å². The van der Waals surface area contributed by atoms with Crippen molar-refractivity contribution in [3.8, 4) is 0 Å². The topological polar surface area (TPSA) is 151 Å². The molecule has 0 atom stereocenters. The van der Waals surface area contributed by atoms with Gasteiger partial charge in [-0.3, -0.25) is 31.4 Å². The van der Waals surface area contributed by atoms with Gasteiger partial charge in [-0.1, -0.05) is 0 Å². The Morgan fingerprint density at radius 2 is 2.09 bits per heavy atom. The van der Waals surface area contributed by atoms with Gasteiger partial charge in [0, 0.05) is 12.5 Å². The molecule has 6 N–H and O–H groups in total. The summed E-state index contributed by atoms with van der Waals surface area (Å²) in [6.45, 7) is 0. The summed E-state index contributed by atoms with van der Waals surface area (Å²) < 4.78 is 0. The first-order chi connectivity index (χ1) is 10.4. The van der Waals surface area contributed by atoms with Gasteiger partial charge in [-0.15, -0.1) is 5.23 Å². The molecule has 0 aromatic heterocycles. The molecule has 0 amide bonds. The van der Waals surface area contributed by atoms with Crippen LogP contribution in [0.1, 0.15) is 6.42 Å². The molecule has 0 radical (unpaired) electrons. The number of benzene rings is 1. The lowest BCUT2D eigenvalue weighted by molar-refractivity contribution is -0.384. The molecule has 1 aromatic carbocycles. The molecule has 11 heteroatoms. The second-order valence-electron chi connectivity index (χ2n) is 4.04. The van der Waals surface area contributed by atoms with E-state index >= 15 is 0 Å². The number of nitrogens with zero attached hydrogens (tertiary/aromatic N) is 2. The number of allylic oxidation sites excluding steroid dienone is 1. The molecule has 1 rings (SSSR count). The van der Waals surface area contributed by atoms with Crippen LogP contribution < -0.4 is 16.1 Å². The monoisotopic (exact) mass is 332 g/mol. The van der Waals surface area contributed by atoms with Crippen LogP contribution in [0.15, 0.2) is 29.8 Å². The van der Waals surface area contributed by atoms with Gasteiger partial charge in [0.15, 0.2) is 0 Å². The Bertz CT molecular complexity index is 562. The number of nitro groups is 1. The van der Waals surface area contributed by atoms with Crippen LogP contribution in [-0.4, -0.2) is 37.6 Å². The van der Waals surface area contributed by atoms with Gasteiger partial charge in [0.2, 0.25) is 0 Å². The normalized spacial score (nSPS) is 9.95. The first kappa shape index (κ1) is 17.7. The number of nitrogens with one attached hydrogen (secondary N) is 2. The Labute approximate surface area is 129 Å². The number of anilines is 2. The predicted octanol–water partition coefficient (Wildman–Crippen LogP) is 2.13. The molecular formula is C11H16N4O6S. The summed E-state index contributed by atoms with van der Waals surface area (Å²) in [7, 11) is 0. The molecule has 122 valence electrons. The maximum atomic E-state index is 11.0. The highest BCUT2D eigenvalue weighted by atomic mass is 32.2. The zero-order chi connectivity index (χ0) is 16.7. The molecule has 0 fully saturated rings. The molecule has 22 heavy (non-hydrogen) atoms. The number of thioether (sulfide) groups is 1. The van der Waals surface area contributed by atoms with Crippen molar-refractivity contribution in [1.29, 1.82) is 0 Å². The molecule has 0 heterocycles. The van der Waals surface area contributed by atoms with Crippen molar-refractivity contribution < 1.29 is 25.6 Å². The van der Waals surface area contributed by atoms with Crippen LogP contribution in [0, 0.1) is 10.1 Å². The molecule has 0 aliphatic heterocycles. The average molecular weight is 332 g/mol. The van der Waals surface area contributed by atoms with E-state index in [4.69, 9.17) is 20.6 Å². The second-order valence-corrected chi connectivity index (χ2v) is 5.03. The van der Waals surface area contributed by atoms with E-state index in [-0.39, 0.29) is 22.3 Å². The molecule has 1 aromatic rings. The number of hydrogen-bond donors (Lipinski definition) is 6. The summed E-state index contributed by atoms with van der Waals surface area (Å²) in [6.07, 6.45) is 2.15. The largest absolute Gasteiger partial charge is 0.480 e. The summed E-state index contributed by atoms with van der Waals surface area (Å²) in [4.78, 5) is 10.3. The van der Waals surface area contributed by atoms with Gasteiger partial charge >= 0.3 is 0 Å². The Morgan fingerprint density at radius 3 is 2.59 bits per heavy atom. The van der Waals surface area contributed by atoms with Crippen molar-refractivity contribution in [3.05, 3.63) is 40.0 Å². The lowest BCUT2D eigenvalue weighted by Crippen LogP contribution is -2.24. The van der Waals surface area contributed by atoms with E-state index in [0.29, 0.717) is 12.2 Å². The quantitative estimate of drug-likeness (QED) is 0.237. The number of hydrogen-bond acceptors (Lipinski definition) is 10. The van der Waals surface area contributed by atoms with Gasteiger partial charge in [-0.25, -0.2) is 0 Å². The Morgan fingerprint density at radius 1 is 1.41 bits per heavy atom. The molecule has 0 unspecified atom stereocenters. The van der Waals surface area contributed by atoms with Crippen LogP contribution in [0.5, 0.6) is 0 Å². The first-order valence-electron chi connectivity index (χ1n) is 5.95. The van der Waals surface area contributed by atoms with E-state index in [1.54, 1.807) is 0 Å². The minimum absolute atomic E-state index is 0.0125. The lowest BCUT2D eigenvalue weighted by atomic mass is 10.2. The van der Waals surface area contributed by atoms with Crippen molar-refractivity contribution in [2.75, 3.05) is 22.7 Å². The van der Waals surface area contributed by atoms with E-state index < -0.39 is 16.6 Å². The molecule has 0 spiro atoms. The number of aliphatic hydroxyl groups excluding tert-OH is 1. The van der Waals surface area contributed by atoms with Crippen LogP contribution in [0.2, 0.25) is 0 Å². The van der Waals surface area contributed by atoms with Crippen LogP contribution in [0.3, 0.4) is 0 Å². The highest BCUT2D eigenvalue weighted by molar-refractivity contribution is 7.98. The van der Waals surface area contributed by atoms with E-state index in [2.05, 4.69) is 10.9 Å². The summed E-state index contributed by atoms with van der Waals surface area (Å²) in [5.74, 6) is -0.308. The van der Waals surface area contributed by atoms with E-state index in [9.17, 15) is 10.1 Å². The van der Waals surface area contributed by atoms with Crippen LogP contribution in [-0.2, 0) is 0 Å². The van der Waals surface area contributed by atoms with Gasteiger partial charge in [-0.2, -0.15) is 11.8 Å². The summed E-state index contributed by atoms with van der Waals surface area (Å²) in [5.41, 5.74) is 4.43. The molecule has 0 saturated heterocycles. The van der Waals surface area contributed by atoms with Crippen LogP contribution in [0.4, 0.5) is 17.1 Å². The van der Waals surface area contributed by atoms with E-state index in [1.165, 1.54) is 23.9 Å². The highest BCUT2D eigenvalue weighted by Gasteiger charge is 2.17. The lowest BCUT2D eigenvalue weighted by Gasteiger charge is -2.14. The second kappa shape index (κ2) is 8.17. The van der Waals surface area contributed by atoms with Gasteiger partial charge < -0.3 is 10.2 Å². The molecule has 0 aliphatic rings. The molecule has 10 nitrogen and oxygen atoms in total. The smallest absolute Gasteiger partial charge is 0.296 e. The molecule has 0 bridgehead atoms. The third-order valence-electron chi connectivity index (χ3n) is 2.58. The van der Waals surface area contributed by atoms with Gasteiger partial charge in [0.1, 0.15) is 17.1 Å². The van der Waals surface area contributed by atoms with Gasteiger partial charge in [0.25, 0.3) is 11.6 Å². The zero-order valence-corrected chi connectivity index (χ0v) is 12.4. The Balaban J connectivity index is 2.93. The fourth-order valence-corrected chi connectivity index (χ4v) is 1.89. The van der Waals surface area contributed by atoms with Crippen molar-refractivity contribution in [3.63, 3.8) is 0 Å². The van der Waals surface area contributed by atoms with Crippen molar-refractivity contribution in [2.24, 2.45) is 0 Å². The zero-order valence-electron chi connectivity index (χ0n) is 11.6. The van der Waals surface area contributed by atoms with Crippen molar-refractivity contribution in [1.82, 2.24) is 5.43 Å². The molecular weight excluding hydrogens is 316 g/mol. The van der Waals surface area contributed by atoms with Crippen molar-refractivity contribution >= 4 is 28.8 Å². The average Bonchev–Trinajstić information content (AvgIpc) is 2.46. The third-order valence-corrected chi connectivity index (χ3v) is 3.20. The Kier molecular flexibility index (Phi) is 6.56. The maximum absolute atomic E-state index is 11.0. The minimum Gasteiger partial charge on any atom is -0.480 e. The van der Waals surface area contributed by atoms with Gasteiger partial charge in [-0.05, 0) is 24.1 Å². The first-order valence-corrected chi connectivity index (χ1v) is 7.34. The molecule has 0 saturated carbocycles. The van der Waals surface area contributed by atoms with Gasteiger partial charge in [0.05, 0.1) is 4.92 Å². The summed E-state index contributed by atoms with van der Waals surface area (Å²) in [6, 6.07) is 3.40. The molecule has 0 aliphatic carbocycles. The maximum Gasteiger partial charge on any atom is 0.296 e. The summed E-state index contributed by atoms with van der Waals surface area (Å²) in [5, 5.41) is 46.7. The van der Waals surface area contributed by atoms with E-state index in [1.807, 2.05) is 6.26 Å². The number of nitro benzene ring substituents is 1. The number of hydrazine groups is 1. The summed E-state index contributed by atoms with van der Waals surface area (Å²) >= 11 is 1.49. The standard InChI is InChI=1S/C11H16N4O6S/c1-22-5-4-9(11(16)17)13-12-8-3-2-7(14(18)19)6-10(8)15(20)21/h2-3,6,12-13,16-19H,4-5H2,1H3. The fraction of sp³-hybridized carbons (Fsp3) is 0.273. The van der Waals surface area contributed by atoms with Crippen LogP contribution in [0.25, 0.3) is 0 Å². The third kappa shape index (κ3) is 4.87. The highest BCUT2D eigenvalue weighted by Crippen LogP contribution is 2.28. The SMILES string of the molecule is CSCCC(NNc1ccc(N(O)O)cc1[N+](=O)[O-])=C(O)O. The Hall–Kier alpha value is -2.37. The predicted molar refractivity (Wildman–Crippen MR) is 81.2 cm³/mol. The number of aliphatic hydroxyl groups is 2. The number of rotatable bonds is 8. The van der Waals surface area contributed by atoms with Crippen molar-refractivity contribution in [2.45, 2.75) is 6.42 Å². The fourth-order valence-electron chi connectivity index (χ4n) is 1.48. The minimum atomic E-state index is -0.919.